The summed E-state index contributed by atoms with van der Waals surface area (Å²) >= 11 is 0. The van der Waals surface area contributed by atoms with Crippen molar-refractivity contribution < 1.29 is 28.6 Å². The van der Waals surface area contributed by atoms with E-state index in [0.29, 0.717) is 19.3 Å². The maximum absolute atomic E-state index is 12.8. The van der Waals surface area contributed by atoms with Gasteiger partial charge >= 0.3 is 17.9 Å². The van der Waals surface area contributed by atoms with Crippen molar-refractivity contribution in [2.24, 2.45) is 0 Å². The van der Waals surface area contributed by atoms with E-state index in [9.17, 15) is 14.4 Å². The van der Waals surface area contributed by atoms with Gasteiger partial charge in [0.15, 0.2) is 6.10 Å². The molecule has 6 nitrogen and oxygen atoms in total. The molecule has 0 aromatic rings. The molecule has 0 rings (SSSR count). The first-order valence-electron chi connectivity index (χ1n) is 25.7. The molecule has 358 valence electrons. The van der Waals surface area contributed by atoms with E-state index in [2.05, 4.69) is 106 Å². The van der Waals surface area contributed by atoms with Crippen LogP contribution in [0.4, 0.5) is 0 Å². The summed E-state index contributed by atoms with van der Waals surface area (Å²) in [4.78, 5) is 37.9. The standard InChI is InChI=1S/C57H94O6/c1-4-7-10-13-16-19-22-25-26-27-28-29-30-33-35-38-41-44-47-50-56(59)62-53-54(63-57(60)51-48-45-42-39-36-32-24-21-18-15-12-9-6-3)52-61-55(58)49-46-43-40-37-34-31-23-20-17-14-11-8-5-2/h7,10,16,19-21,23-26,28-29,33,35,41,44,54H,4-6,8-9,11-15,17-18,22,27,30-32,34,36-40,42-43,45-53H2,1-3H3/b10-7-,19-16-,23-20-,24-21-,26-25-,29-28-,35-33-,44-41-/t54-/m0/s1. The van der Waals surface area contributed by atoms with Crippen LogP contribution >= 0.6 is 0 Å². The van der Waals surface area contributed by atoms with Gasteiger partial charge < -0.3 is 14.2 Å². The van der Waals surface area contributed by atoms with Gasteiger partial charge in [-0.3, -0.25) is 14.4 Å². The van der Waals surface area contributed by atoms with E-state index in [1.165, 1.54) is 77.0 Å². The number of ether oxygens (including phenoxy) is 3. The summed E-state index contributed by atoms with van der Waals surface area (Å²) in [6.45, 7) is 6.40. The molecule has 0 aliphatic rings. The van der Waals surface area contributed by atoms with Crippen molar-refractivity contribution in [1.82, 2.24) is 0 Å². The zero-order valence-corrected chi connectivity index (χ0v) is 40.8. The second-order valence-corrected chi connectivity index (χ2v) is 16.7. The van der Waals surface area contributed by atoms with Crippen LogP contribution in [0, 0.1) is 0 Å². The van der Waals surface area contributed by atoms with Crippen LogP contribution in [0.5, 0.6) is 0 Å². The van der Waals surface area contributed by atoms with Crippen LogP contribution in [-0.2, 0) is 28.6 Å². The van der Waals surface area contributed by atoms with E-state index in [0.717, 1.165) is 103 Å². The van der Waals surface area contributed by atoms with Gasteiger partial charge in [0.2, 0.25) is 0 Å². The Morgan fingerprint density at radius 3 is 1.06 bits per heavy atom. The Bertz CT molecular complexity index is 1280. The summed E-state index contributed by atoms with van der Waals surface area (Å²) in [7, 11) is 0. The number of allylic oxidation sites excluding steroid dienone is 16. The molecular formula is C57H94O6. The summed E-state index contributed by atoms with van der Waals surface area (Å²) in [5, 5.41) is 0. The summed E-state index contributed by atoms with van der Waals surface area (Å²) in [6, 6.07) is 0. The average Bonchev–Trinajstić information content (AvgIpc) is 3.28. The topological polar surface area (TPSA) is 78.9 Å². The lowest BCUT2D eigenvalue weighted by atomic mass is 10.1. The molecule has 0 aliphatic heterocycles. The third kappa shape index (κ3) is 49.2. The Balaban J connectivity index is 4.52. The van der Waals surface area contributed by atoms with Crippen LogP contribution in [0.3, 0.4) is 0 Å². The quantitative estimate of drug-likeness (QED) is 0.0262. The molecule has 0 N–H and O–H groups in total. The molecular weight excluding hydrogens is 781 g/mol. The van der Waals surface area contributed by atoms with Gasteiger partial charge in [0, 0.05) is 19.3 Å². The van der Waals surface area contributed by atoms with Gasteiger partial charge in [0.05, 0.1) is 0 Å². The molecule has 0 radical (unpaired) electrons. The predicted octanol–water partition coefficient (Wildman–Crippen LogP) is 17.0. The minimum atomic E-state index is -0.815. The number of hydrogen-bond donors (Lipinski definition) is 0. The number of carbonyl (C=O) groups excluding carboxylic acids is 3. The van der Waals surface area contributed by atoms with Crippen molar-refractivity contribution in [1.29, 1.82) is 0 Å². The van der Waals surface area contributed by atoms with Gasteiger partial charge in [-0.1, -0.05) is 195 Å². The number of hydrogen-bond acceptors (Lipinski definition) is 6. The highest BCUT2D eigenvalue weighted by molar-refractivity contribution is 5.71. The minimum Gasteiger partial charge on any atom is -0.462 e. The number of unbranched alkanes of at least 4 members (excludes halogenated alkanes) is 18. The fourth-order valence-corrected chi connectivity index (χ4v) is 6.69. The highest BCUT2D eigenvalue weighted by Crippen LogP contribution is 2.13. The van der Waals surface area contributed by atoms with E-state index >= 15 is 0 Å². The van der Waals surface area contributed by atoms with Crippen LogP contribution in [0.2, 0.25) is 0 Å². The molecule has 0 aromatic heterocycles. The lowest BCUT2D eigenvalue weighted by molar-refractivity contribution is -0.166. The van der Waals surface area contributed by atoms with Gasteiger partial charge in [-0.15, -0.1) is 0 Å². The Labute approximate surface area is 387 Å². The molecule has 0 aromatic carbocycles. The lowest BCUT2D eigenvalue weighted by Crippen LogP contribution is -2.30. The molecule has 0 spiro atoms. The largest absolute Gasteiger partial charge is 0.462 e. The normalized spacial score (nSPS) is 12.9. The first kappa shape index (κ1) is 59.3. The first-order valence-corrected chi connectivity index (χ1v) is 25.7. The maximum atomic E-state index is 12.8. The van der Waals surface area contributed by atoms with Gasteiger partial charge in [0.1, 0.15) is 13.2 Å². The molecule has 63 heavy (non-hydrogen) atoms. The van der Waals surface area contributed by atoms with E-state index in [4.69, 9.17) is 14.2 Å². The Morgan fingerprint density at radius 1 is 0.333 bits per heavy atom. The Kier molecular flexibility index (Phi) is 48.0. The predicted molar refractivity (Wildman–Crippen MR) is 270 cm³/mol. The third-order valence-corrected chi connectivity index (χ3v) is 10.6. The zero-order valence-electron chi connectivity index (χ0n) is 40.8. The van der Waals surface area contributed by atoms with E-state index < -0.39 is 6.10 Å². The summed E-state index contributed by atoms with van der Waals surface area (Å²) in [5.74, 6) is -1.02. The van der Waals surface area contributed by atoms with Crippen molar-refractivity contribution in [3.8, 4) is 0 Å². The maximum Gasteiger partial charge on any atom is 0.306 e. The molecule has 0 bridgehead atoms. The van der Waals surface area contributed by atoms with E-state index in [-0.39, 0.29) is 37.5 Å². The fraction of sp³-hybridized carbons (Fsp3) is 0.667. The molecule has 0 saturated heterocycles. The molecule has 0 amide bonds. The van der Waals surface area contributed by atoms with Gasteiger partial charge in [0.25, 0.3) is 0 Å². The monoisotopic (exact) mass is 875 g/mol. The first-order chi connectivity index (χ1) is 31.0. The smallest absolute Gasteiger partial charge is 0.306 e. The number of esters is 3. The lowest BCUT2D eigenvalue weighted by Gasteiger charge is -2.18. The average molecular weight is 875 g/mol. The van der Waals surface area contributed by atoms with Crippen LogP contribution < -0.4 is 0 Å². The van der Waals surface area contributed by atoms with Crippen molar-refractivity contribution in [2.75, 3.05) is 13.2 Å². The zero-order chi connectivity index (χ0) is 45.8. The minimum absolute atomic E-state index is 0.109. The summed E-state index contributed by atoms with van der Waals surface area (Å²) in [6.07, 6.45) is 66.8. The van der Waals surface area contributed by atoms with Gasteiger partial charge in [-0.05, 0) is 109 Å². The van der Waals surface area contributed by atoms with E-state index in [1.54, 1.807) is 0 Å². The summed E-state index contributed by atoms with van der Waals surface area (Å²) < 4.78 is 16.7. The van der Waals surface area contributed by atoms with Crippen LogP contribution in [0.25, 0.3) is 0 Å². The fourth-order valence-electron chi connectivity index (χ4n) is 6.69. The molecule has 6 heteroatoms. The van der Waals surface area contributed by atoms with Crippen LogP contribution in [-0.4, -0.2) is 37.2 Å². The third-order valence-electron chi connectivity index (χ3n) is 10.6. The molecule has 1 atom stereocenters. The second kappa shape index (κ2) is 51.0. The van der Waals surface area contributed by atoms with E-state index in [1.807, 2.05) is 12.2 Å². The van der Waals surface area contributed by atoms with Crippen molar-refractivity contribution >= 4 is 17.9 Å². The van der Waals surface area contributed by atoms with Gasteiger partial charge in [-0.25, -0.2) is 0 Å². The number of rotatable bonds is 45. The van der Waals surface area contributed by atoms with Crippen LogP contribution in [0.15, 0.2) is 97.2 Å². The Morgan fingerprint density at radius 2 is 0.651 bits per heavy atom. The highest BCUT2D eigenvalue weighted by atomic mass is 16.6. The molecule has 0 fully saturated rings. The summed E-state index contributed by atoms with van der Waals surface area (Å²) in [5.41, 5.74) is 0. The molecule has 0 saturated carbocycles. The molecule has 0 heterocycles. The Hall–Kier alpha value is -3.67. The number of carbonyl (C=O) groups is 3. The van der Waals surface area contributed by atoms with Crippen molar-refractivity contribution in [3.05, 3.63) is 97.2 Å². The SMILES string of the molecule is CC/C=C\C/C=C\C/C=C\C/C=C\C/C=C\C/C=C\CCC(=O)OC[C@H](COC(=O)CCCCCCC/C=C\CCCCCC)OC(=O)CCCCCCC/C=C\CCCCCC. The van der Waals surface area contributed by atoms with Crippen LogP contribution in [0.1, 0.15) is 226 Å². The van der Waals surface area contributed by atoms with Crippen molar-refractivity contribution in [3.63, 3.8) is 0 Å². The second-order valence-electron chi connectivity index (χ2n) is 16.7. The van der Waals surface area contributed by atoms with Gasteiger partial charge in [-0.2, -0.15) is 0 Å². The molecule has 0 aliphatic carbocycles. The highest BCUT2D eigenvalue weighted by Gasteiger charge is 2.19. The van der Waals surface area contributed by atoms with Crippen molar-refractivity contribution in [2.45, 2.75) is 232 Å². The molecule has 0 unspecified atom stereocenters.